The summed E-state index contributed by atoms with van der Waals surface area (Å²) in [5, 5.41) is 12.5. The lowest BCUT2D eigenvalue weighted by atomic mass is 10.4. The van der Waals surface area contributed by atoms with Gasteiger partial charge in [0.15, 0.2) is 0 Å². The van der Waals surface area contributed by atoms with E-state index in [0.29, 0.717) is 12.1 Å². The predicted molar refractivity (Wildman–Crippen MR) is 44.6 cm³/mol. The molecule has 2 heterocycles. The van der Waals surface area contributed by atoms with Crippen LogP contribution in [0.3, 0.4) is 0 Å². The van der Waals surface area contributed by atoms with Crippen molar-refractivity contribution >= 4 is 0 Å². The minimum atomic E-state index is 0.562. The zero-order valence-electron chi connectivity index (χ0n) is 6.81. The average molecular weight is 173 g/mol. The Hall–Kier alpha value is -2.09. The third-order valence-electron chi connectivity index (χ3n) is 1.63. The van der Waals surface area contributed by atoms with Gasteiger partial charge >= 0.3 is 0 Å². The van der Waals surface area contributed by atoms with Crippen molar-refractivity contribution in [3.63, 3.8) is 0 Å². The SMILES string of the molecule is N#Cc1cnn(Cc2ncc[nH]2)c1. The molecule has 2 rings (SSSR count). The van der Waals surface area contributed by atoms with Crippen LogP contribution in [0.1, 0.15) is 11.4 Å². The van der Waals surface area contributed by atoms with E-state index in [1.165, 1.54) is 6.20 Å². The highest BCUT2D eigenvalue weighted by Crippen LogP contribution is 1.97. The minimum absolute atomic E-state index is 0.562. The Balaban J connectivity index is 2.15. The minimum Gasteiger partial charge on any atom is -0.347 e. The molecule has 2 aromatic heterocycles. The molecule has 0 amide bonds. The third kappa shape index (κ3) is 1.56. The summed E-state index contributed by atoms with van der Waals surface area (Å²) in [6, 6.07) is 2.01. The van der Waals surface area contributed by atoms with Crippen LogP contribution < -0.4 is 0 Å². The number of nitrogens with one attached hydrogen (secondary N) is 1. The van der Waals surface area contributed by atoms with Crippen LogP contribution in [0.4, 0.5) is 0 Å². The van der Waals surface area contributed by atoms with Crippen LogP contribution in [-0.2, 0) is 6.54 Å². The summed E-state index contributed by atoms with van der Waals surface area (Å²) in [7, 11) is 0. The maximum Gasteiger partial charge on any atom is 0.127 e. The number of nitriles is 1. The van der Waals surface area contributed by atoms with Crippen molar-refractivity contribution in [2.75, 3.05) is 0 Å². The first-order valence-corrected chi connectivity index (χ1v) is 3.79. The Bertz CT molecular complexity index is 420. The van der Waals surface area contributed by atoms with Gasteiger partial charge in [0.05, 0.1) is 18.3 Å². The van der Waals surface area contributed by atoms with Crippen LogP contribution in [0, 0.1) is 11.3 Å². The molecule has 0 aromatic carbocycles. The number of hydrogen-bond acceptors (Lipinski definition) is 3. The van der Waals surface area contributed by atoms with E-state index in [0.717, 1.165) is 5.82 Å². The number of rotatable bonds is 2. The molecule has 2 aromatic rings. The predicted octanol–water partition coefficient (Wildman–Crippen LogP) is 0.526. The smallest absolute Gasteiger partial charge is 0.127 e. The van der Waals surface area contributed by atoms with Gasteiger partial charge in [-0.25, -0.2) is 4.98 Å². The largest absolute Gasteiger partial charge is 0.347 e. The molecule has 0 spiro atoms. The molecule has 0 radical (unpaired) electrons. The first kappa shape index (κ1) is 7.55. The maximum atomic E-state index is 8.55. The van der Waals surface area contributed by atoms with Crippen molar-refractivity contribution in [2.45, 2.75) is 6.54 Å². The van der Waals surface area contributed by atoms with E-state index in [9.17, 15) is 0 Å². The van der Waals surface area contributed by atoms with Gasteiger partial charge in [0, 0.05) is 18.6 Å². The third-order valence-corrected chi connectivity index (χ3v) is 1.63. The number of H-pyrrole nitrogens is 1. The van der Waals surface area contributed by atoms with Crippen molar-refractivity contribution in [1.29, 1.82) is 5.26 Å². The molecule has 0 atom stereocenters. The standard InChI is InChI=1S/C8H7N5/c9-3-7-4-12-13(5-7)6-8-10-1-2-11-8/h1-2,4-5H,6H2,(H,10,11). The van der Waals surface area contributed by atoms with Gasteiger partial charge < -0.3 is 4.98 Å². The number of imidazole rings is 1. The highest BCUT2D eigenvalue weighted by atomic mass is 15.3. The summed E-state index contributed by atoms with van der Waals surface area (Å²) in [6.45, 7) is 0.564. The molecule has 1 N–H and O–H groups in total. The molecular formula is C8H7N5. The van der Waals surface area contributed by atoms with Gasteiger partial charge in [-0.2, -0.15) is 10.4 Å². The second-order valence-corrected chi connectivity index (χ2v) is 2.57. The Labute approximate surface area is 74.6 Å². The lowest BCUT2D eigenvalue weighted by Gasteiger charge is -1.95. The molecule has 0 unspecified atom stereocenters. The van der Waals surface area contributed by atoms with Gasteiger partial charge in [0.25, 0.3) is 0 Å². The van der Waals surface area contributed by atoms with E-state index in [2.05, 4.69) is 15.1 Å². The number of hydrogen-bond donors (Lipinski definition) is 1. The molecule has 0 aliphatic heterocycles. The molecule has 13 heavy (non-hydrogen) atoms. The molecule has 0 aliphatic rings. The quantitative estimate of drug-likeness (QED) is 0.719. The van der Waals surface area contributed by atoms with Gasteiger partial charge in [0.2, 0.25) is 0 Å². The van der Waals surface area contributed by atoms with E-state index >= 15 is 0 Å². The van der Waals surface area contributed by atoms with Crippen LogP contribution >= 0.6 is 0 Å². The van der Waals surface area contributed by atoms with Crippen molar-refractivity contribution in [3.05, 3.63) is 36.2 Å². The highest BCUT2D eigenvalue weighted by molar-refractivity contribution is 5.21. The molecule has 5 nitrogen and oxygen atoms in total. The maximum absolute atomic E-state index is 8.55. The molecule has 0 saturated carbocycles. The molecule has 0 fully saturated rings. The normalized spacial score (nSPS) is 9.77. The molecule has 0 bridgehead atoms. The van der Waals surface area contributed by atoms with Crippen LogP contribution in [-0.4, -0.2) is 19.7 Å². The molecule has 0 saturated heterocycles. The Morgan fingerprint density at radius 3 is 3.15 bits per heavy atom. The van der Waals surface area contributed by atoms with Gasteiger partial charge in [-0.3, -0.25) is 4.68 Å². The summed E-state index contributed by atoms with van der Waals surface area (Å²) < 4.78 is 1.66. The summed E-state index contributed by atoms with van der Waals surface area (Å²) >= 11 is 0. The molecule has 0 aliphatic carbocycles. The van der Waals surface area contributed by atoms with E-state index < -0.39 is 0 Å². The zero-order valence-corrected chi connectivity index (χ0v) is 6.81. The first-order valence-electron chi connectivity index (χ1n) is 3.79. The van der Waals surface area contributed by atoms with Crippen molar-refractivity contribution in [1.82, 2.24) is 19.7 Å². The van der Waals surface area contributed by atoms with Gasteiger partial charge in [0.1, 0.15) is 11.9 Å². The van der Waals surface area contributed by atoms with Crippen molar-refractivity contribution in [3.8, 4) is 6.07 Å². The van der Waals surface area contributed by atoms with Crippen molar-refractivity contribution in [2.24, 2.45) is 0 Å². The number of aromatic amines is 1. The summed E-state index contributed by atoms with van der Waals surface area (Å²) in [5.74, 6) is 0.826. The second kappa shape index (κ2) is 3.11. The Morgan fingerprint density at radius 2 is 2.54 bits per heavy atom. The lowest BCUT2D eigenvalue weighted by Crippen LogP contribution is -2.01. The molecular weight excluding hydrogens is 166 g/mol. The fourth-order valence-corrected chi connectivity index (χ4v) is 1.05. The monoisotopic (exact) mass is 173 g/mol. The zero-order chi connectivity index (χ0) is 9.10. The van der Waals surface area contributed by atoms with Crippen LogP contribution in [0.25, 0.3) is 0 Å². The van der Waals surface area contributed by atoms with Crippen LogP contribution in [0.15, 0.2) is 24.8 Å². The van der Waals surface area contributed by atoms with E-state index in [4.69, 9.17) is 5.26 Å². The second-order valence-electron chi connectivity index (χ2n) is 2.57. The number of aromatic nitrogens is 4. The topological polar surface area (TPSA) is 70.3 Å². The summed E-state index contributed by atoms with van der Waals surface area (Å²) in [4.78, 5) is 7.01. The van der Waals surface area contributed by atoms with Gasteiger partial charge in [-0.15, -0.1) is 0 Å². The van der Waals surface area contributed by atoms with E-state index in [1.807, 2.05) is 6.07 Å². The number of nitrogens with zero attached hydrogens (tertiary/aromatic N) is 4. The lowest BCUT2D eigenvalue weighted by molar-refractivity contribution is 0.661. The fraction of sp³-hybridized carbons (Fsp3) is 0.125. The first-order chi connectivity index (χ1) is 6.38. The van der Waals surface area contributed by atoms with Gasteiger partial charge in [-0.1, -0.05) is 0 Å². The van der Waals surface area contributed by atoms with Crippen LogP contribution in [0.2, 0.25) is 0 Å². The van der Waals surface area contributed by atoms with Crippen molar-refractivity contribution < 1.29 is 0 Å². The molecule has 64 valence electrons. The van der Waals surface area contributed by atoms with E-state index in [-0.39, 0.29) is 0 Å². The summed E-state index contributed by atoms with van der Waals surface area (Å²) in [5.41, 5.74) is 0.562. The Kier molecular flexibility index (Phi) is 1.81. The summed E-state index contributed by atoms with van der Waals surface area (Å²) in [6.07, 6.45) is 6.65. The fourth-order valence-electron chi connectivity index (χ4n) is 1.05. The molecule has 5 heteroatoms. The van der Waals surface area contributed by atoms with Gasteiger partial charge in [-0.05, 0) is 0 Å². The Morgan fingerprint density at radius 1 is 1.62 bits per heavy atom. The average Bonchev–Trinajstić information content (AvgIpc) is 2.76. The highest BCUT2D eigenvalue weighted by Gasteiger charge is 1.99. The van der Waals surface area contributed by atoms with Crippen LogP contribution in [0.5, 0.6) is 0 Å². The van der Waals surface area contributed by atoms with E-state index in [1.54, 1.807) is 23.3 Å².